The second-order valence-corrected chi connectivity index (χ2v) is 21.0. The molecule has 3 aliphatic heterocycles. The summed E-state index contributed by atoms with van der Waals surface area (Å²) in [5.74, 6) is -0.869. The molecule has 9 rings (SSSR count). The van der Waals surface area contributed by atoms with Crippen molar-refractivity contribution in [1.29, 1.82) is 0 Å². The average molecular weight is 1030 g/mol. The van der Waals surface area contributed by atoms with E-state index in [2.05, 4.69) is 44.9 Å². The van der Waals surface area contributed by atoms with Gasteiger partial charge < -0.3 is 75.0 Å². The van der Waals surface area contributed by atoms with Gasteiger partial charge in [0.05, 0.1) is 38.3 Å². The largest absolute Gasteiger partial charge is 0.481 e. The van der Waals surface area contributed by atoms with Crippen molar-refractivity contribution >= 4 is 94.0 Å². The molecule has 14 unspecified atom stereocenters. The third-order valence-electron chi connectivity index (χ3n) is 11.4. The number of fused-ring (bicyclic) bond motifs is 3. The maximum atomic E-state index is 11.7. The second kappa shape index (κ2) is 19.2. The predicted octanol–water partition coefficient (Wildman–Crippen LogP) is -1.20. The number of imidazole rings is 3. The van der Waals surface area contributed by atoms with Gasteiger partial charge in [0, 0.05) is 20.6 Å². The Morgan fingerprint density at radius 1 is 0.618 bits per heavy atom. The SMILES string of the molecule is COC1C(CCC(=O)O)OC(n2cnc3c(N)ncnc32)C1OP(O)(=S)OCC1OC(n2cnc3c(N)ncnc32)C(OP(O)(=S)OCC2OC(n3cnc4c(N)ncnc43)C(O)C2O)C1OC. The molecule has 3 saturated heterocycles. The molecule has 0 amide bonds. The van der Waals surface area contributed by atoms with Gasteiger partial charge >= 0.3 is 19.4 Å². The highest BCUT2D eigenvalue weighted by atomic mass is 32.5. The Hall–Kier alpha value is -4.70. The molecular weight excluding hydrogens is 985 g/mol. The number of aromatic nitrogens is 12. The van der Waals surface area contributed by atoms with Crippen LogP contribution in [0.15, 0.2) is 38.0 Å². The summed E-state index contributed by atoms with van der Waals surface area (Å²) in [6.07, 6.45) is -7.38. The Labute approximate surface area is 392 Å². The topological polar surface area (TPSA) is 410 Å². The molecule has 0 spiro atoms. The molecule has 366 valence electrons. The third-order valence-corrected chi connectivity index (χ3v) is 14.5. The van der Waals surface area contributed by atoms with E-state index in [9.17, 15) is 29.9 Å². The number of aliphatic hydroxyl groups excluding tert-OH is 2. The highest BCUT2D eigenvalue weighted by Gasteiger charge is 2.53. The van der Waals surface area contributed by atoms with E-state index < -0.39 is 106 Å². The quantitative estimate of drug-likeness (QED) is 0.0469. The zero-order chi connectivity index (χ0) is 48.2. The van der Waals surface area contributed by atoms with Crippen LogP contribution >= 0.6 is 13.4 Å². The fourth-order valence-electron chi connectivity index (χ4n) is 8.26. The Kier molecular flexibility index (Phi) is 13.7. The van der Waals surface area contributed by atoms with Crippen LogP contribution in [-0.4, -0.2) is 172 Å². The Morgan fingerprint density at radius 3 is 1.46 bits per heavy atom. The minimum atomic E-state index is -4.37. The summed E-state index contributed by atoms with van der Waals surface area (Å²) in [4.78, 5) is 72.3. The Bertz CT molecular complexity index is 2920. The molecular formula is C34H43N15O15P2S2. The number of carboxylic acid groups (broad SMARTS) is 1. The Balaban J connectivity index is 0.938. The van der Waals surface area contributed by atoms with Gasteiger partial charge in [0.1, 0.15) is 84.4 Å². The number of anilines is 3. The van der Waals surface area contributed by atoms with E-state index in [1.807, 2.05) is 0 Å². The van der Waals surface area contributed by atoms with Crippen LogP contribution in [0.3, 0.4) is 0 Å². The van der Waals surface area contributed by atoms with Gasteiger partial charge in [-0.05, 0) is 30.0 Å². The lowest BCUT2D eigenvalue weighted by Gasteiger charge is -2.29. The van der Waals surface area contributed by atoms with Crippen molar-refractivity contribution in [2.45, 2.75) is 86.5 Å². The summed E-state index contributed by atoms with van der Waals surface area (Å²) in [7, 11) is 2.67. The van der Waals surface area contributed by atoms with E-state index in [4.69, 9.17) is 82.6 Å². The van der Waals surface area contributed by atoms with Gasteiger partial charge in [-0.25, -0.2) is 44.9 Å². The first-order valence-electron chi connectivity index (χ1n) is 20.2. The van der Waals surface area contributed by atoms with Crippen LogP contribution in [0.4, 0.5) is 17.5 Å². The normalized spacial score (nSPS) is 30.4. The van der Waals surface area contributed by atoms with Crippen LogP contribution in [0.25, 0.3) is 33.5 Å². The molecule has 3 fully saturated rings. The van der Waals surface area contributed by atoms with Crippen LogP contribution in [0, 0.1) is 0 Å². The number of nitrogen functional groups attached to an aromatic ring is 3. The maximum absolute atomic E-state index is 11.7. The summed E-state index contributed by atoms with van der Waals surface area (Å²) in [5, 5.41) is 31.4. The predicted molar refractivity (Wildman–Crippen MR) is 236 cm³/mol. The summed E-state index contributed by atoms with van der Waals surface area (Å²) in [5.41, 5.74) is 19.4. The van der Waals surface area contributed by atoms with Crippen LogP contribution in [-0.2, 0) is 70.2 Å². The lowest BCUT2D eigenvalue weighted by atomic mass is 10.1. The number of ether oxygens (including phenoxy) is 5. The smallest absolute Gasteiger partial charge is 0.325 e. The van der Waals surface area contributed by atoms with E-state index in [0.717, 1.165) is 0 Å². The molecule has 34 heteroatoms. The number of nitrogens with two attached hydrogens (primary N) is 3. The van der Waals surface area contributed by atoms with Crippen molar-refractivity contribution in [2.24, 2.45) is 0 Å². The van der Waals surface area contributed by atoms with Crippen LogP contribution in [0.2, 0.25) is 0 Å². The van der Waals surface area contributed by atoms with Gasteiger partial charge in [0.2, 0.25) is 0 Å². The van der Waals surface area contributed by atoms with Crippen molar-refractivity contribution in [3.05, 3.63) is 38.0 Å². The van der Waals surface area contributed by atoms with Crippen molar-refractivity contribution in [3.8, 4) is 0 Å². The summed E-state index contributed by atoms with van der Waals surface area (Å²) in [6, 6.07) is 0. The average Bonchev–Trinajstić information content (AvgIpc) is 4.16. The standard InChI is InChI=1S/C34H43N15O15P2S2/c1-56-22-13(3-4-16(50)51)60-33(48-11-45-18-27(36)39-8-42-30(18)48)24(22)63-66(55,68)59-6-15-23(57-2)25(34(62-15)49-12-46-19-28(37)40-9-43-31(19)49)64-65(54,67)58-5-14-20(52)21(53)32(61-14)47-10-44-17-26(35)38-7-41-29(17)47/h7-15,20-25,32-34,52-53H,3-6H2,1-2H3,(H,50,51)(H,54,67)(H,55,68)(H2,35,38,41)(H2,36,39,42)(H2,37,40,43). The van der Waals surface area contributed by atoms with Crippen molar-refractivity contribution in [3.63, 3.8) is 0 Å². The van der Waals surface area contributed by atoms with Crippen molar-refractivity contribution in [2.75, 3.05) is 44.6 Å². The third kappa shape index (κ3) is 9.24. The van der Waals surface area contributed by atoms with Gasteiger partial charge in [-0.2, -0.15) is 0 Å². The number of carboxylic acids is 1. The molecule has 0 aliphatic carbocycles. The fraction of sp³-hybridized carbons (Fsp3) is 0.529. The lowest BCUT2D eigenvalue weighted by molar-refractivity contribution is -0.138. The highest BCUT2D eigenvalue weighted by molar-refractivity contribution is 8.07. The van der Waals surface area contributed by atoms with Gasteiger partial charge in [0.25, 0.3) is 0 Å². The summed E-state index contributed by atoms with van der Waals surface area (Å²) >= 11 is 11.0. The molecule has 9 heterocycles. The van der Waals surface area contributed by atoms with Crippen molar-refractivity contribution < 1.29 is 71.7 Å². The Morgan fingerprint density at radius 2 is 1.01 bits per heavy atom. The van der Waals surface area contributed by atoms with Gasteiger partial charge in [-0.1, -0.05) is 0 Å². The lowest BCUT2D eigenvalue weighted by Crippen LogP contribution is -2.38. The molecule has 6 aromatic rings. The number of aliphatic carboxylic acids is 1. The molecule has 0 bridgehead atoms. The van der Waals surface area contributed by atoms with Gasteiger partial charge in [-0.15, -0.1) is 0 Å². The number of methoxy groups -OCH3 is 2. The van der Waals surface area contributed by atoms with Crippen LogP contribution in [0.5, 0.6) is 0 Å². The molecule has 11 N–H and O–H groups in total. The maximum Gasteiger partial charge on any atom is 0.325 e. The minimum absolute atomic E-state index is 0.0101. The summed E-state index contributed by atoms with van der Waals surface area (Å²) < 4.78 is 58.4. The molecule has 3 aliphatic rings. The van der Waals surface area contributed by atoms with E-state index in [0.29, 0.717) is 0 Å². The van der Waals surface area contributed by atoms with Crippen LogP contribution in [0.1, 0.15) is 31.5 Å². The first kappa shape index (κ1) is 48.3. The van der Waals surface area contributed by atoms with E-state index >= 15 is 0 Å². The first-order valence-corrected chi connectivity index (χ1v) is 25.4. The van der Waals surface area contributed by atoms with E-state index in [-0.39, 0.29) is 63.8 Å². The number of nitrogens with zero attached hydrogens (tertiary/aromatic N) is 12. The van der Waals surface area contributed by atoms with Crippen LogP contribution < -0.4 is 17.2 Å². The van der Waals surface area contributed by atoms with E-state index in [1.165, 1.54) is 65.9 Å². The monoisotopic (exact) mass is 1030 g/mol. The molecule has 0 radical (unpaired) electrons. The number of hydrogen-bond acceptors (Lipinski definition) is 26. The number of rotatable bonds is 18. The number of carbonyl (C=O) groups is 1. The molecule has 68 heavy (non-hydrogen) atoms. The molecule has 0 saturated carbocycles. The molecule has 0 aromatic carbocycles. The zero-order valence-electron chi connectivity index (χ0n) is 35.3. The van der Waals surface area contributed by atoms with E-state index in [1.54, 1.807) is 0 Å². The number of hydrogen-bond donors (Lipinski definition) is 8. The number of aliphatic hydroxyl groups is 2. The minimum Gasteiger partial charge on any atom is -0.481 e. The zero-order valence-corrected chi connectivity index (χ0v) is 38.8. The molecule has 30 nitrogen and oxygen atoms in total. The summed E-state index contributed by atoms with van der Waals surface area (Å²) in [6.45, 7) is -9.82. The fourth-order valence-corrected chi connectivity index (χ4v) is 11.1. The highest BCUT2D eigenvalue weighted by Crippen LogP contribution is 2.54. The molecule has 14 atom stereocenters. The first-order chi connectivity index (χ1) is 32.5. The second-order valence-electron chi connectivity index (χ2n) is 15.4. The van der Waals surface area contributed by atoms with Gasteiger partial charge in [-0.3, -0.25) is 27.5 Å². The molecule has 6 aromatic heterocycles. The van der Waals surface area contributed by atoms with Gasteiger partial charge in [0.15, 0.2) is 53.1 Å². The van der Waals surface area contributed by atoms with Crippen molar-refractivity contribution in [1.82, 2.24) is 58.6 Å².